The third-order valence-electron chi connectivity index (χ3n) is 5.43. The number of hydrazone groups is 1. The Morgan fingerprint density at radius 3 is 2.62 bits per heavy atom. The SMILES string of the molecule is CCCCCCCC(O)[C@@H]1C(O)CC(=NNC(N)=O)[C@@H]1CC=CCCCC(=O)O. The average molecular weight is 412 g/mol. The van der Waals surface area contributed by atoms with E-state index in [-0.39, 0.29) is 24.7 Å². The smallest absolute Gasteiger partial charge is 0.332 e. The quantitative estimate of drug-likeness (QED) is 0.169. The summed E-state index contributed by atoms with van der Waals surface area (Å²) < 4.78 is 0. The number of nitrogens with two attached hydrogens (primary N) is 1. The number of aliphatic carboxylic acids is 1. The maximum Gasteiger partial charge on any atom is 0.332 e. The Labute approximate surface area is 173 Å². The van der Waals surface area contributed by atoms with E-state index in [2.05, 4.69) is 17.5 Å². The molecule has 1 fully saturated rings. The van der Waals surface area contributed by atoms with Crippen molar-refractivity contribution in [2.75, 3.05) is 0 Å². The number of aliphatic hydroxyl groups is 2. The Bertz CT molecular complexity index is 565. The third-order valence-corrected chi connectivity index (χ3v) is 5.43. The van der Waals surface area contributed by atoms with Crippen LogP contribution in [0.25, 0.3) is 0 Å². The predicted octanol–water partition coefficient (Wildman–Crippen LogP) is 2.93. The van der Waals surface area contributed by atoms with Crippen molar-refractivity contribution in [3.05, 3.63) is 12.2 Å². The molecule has 0 saturated heterocycles. The molecule has 0 heterocycles. The molecule has 0 radical (unpaired) electrons. The lowest BCUT2D eigenvalue weighted by Gasteiger charge is -2.26. The van der Waals surface area contributed by atoms with Gasteiger partial charge in [0.25, 0.3) is 0 Å². The van der Waals surface area contributed by atoms with Crippen LogP contribution in [0, 0.1) is 11.8 Å². The summed E-state index contributed by atoms with van der Waals surface area (Å²) in [5, 5.41) is 34.0. The normalized spacial score (nSPS) is 24.2. The third kappa shape index (κ3) is 9.89. The van der Waals surface area contributed by atoms with Gasteiger partial charge in [0.2, 0.25) is 0 Å². The van der Waals surface area contributed by atoms with Crippen LogP contribution in [-0.4, -0.2) is 45.2 Å². The number of nitrogens with zero attached hydrogens (tertiary/aromatic N) is 1. The van der Waals surface area contributed by atoms with Gasteiger partial charge in [0.1, 0.15) is 0 Å². The molecule has 6 N–H and O–H groups in total. The van der Waals surface area contributed by atoms with E-state index in [0.717, 1.165) is 25.7 Å². The molecule has 0 bridgehead atoms. The van der Waals surface area contributed by atoms with Crippen molar-refractivity contribution in [1.29, 1.82) is 0 Å². The zero-order chi connectivity index (χ0) is 21.6. The minimum Gasteiger partial charge on any atom is -0.481 e. The second kappa shape index (κ2) is 14.1. The van der Waals surface area contributed by atoms with Gasteiger partial charge < -0.3 is 21.1 Å². The lowest BCUT2D eigenvalue weighted by atomic mass is 9.84. The molecule has 1 aliphatic carbocycles. The van der Waals surface area contributed by atoms with Gasteiger partial charge in [0.05, 0.1) is 12.2 Å². The zero-order valence-electron chi connectivity index (χ0n) is 17.4. The average Bonchev–Trinajstić information content (AvgIpc) is 2.97. The van der Waals surface area contributed by atoms with E-state index in [9.17, 15) is 19.8 Å². The van der Waals surface area contributed by atoms with Crippen LogP contribution < -0.4 is 11.2 Å². The molecular formula is C21H37N3O5. The van der Waals surface area contributed by atoms with Gasteiger partial charge in [-0.15, -0.1) is 0 Å². The summed E-state index contributed by atoms with van der Waals surface area (Å²) in [6.45, 7) is 2.16. The van der Waals surface area contributed by atoms with Crippen molar-refractivity contribution in [2.24, 2.45) is 22.7 Å². The van der Waals surface area contributed by atoms with Gasteiger partial charge in [-0.1, -0.05) is 51.2 Å². The number of allylic oxidation sites excluding steroid dienone is 2. The Morgan fingerprint density at radius 2 is 1.97 bits per heavy atom. The minimum absolute atomic E-state index is 0.126. The van der Waals surface area contributed by atoms with Crippen LogP contribution in [0.3, 0.4) is 0 Å². The molecule has 1 saturated carbocycles. The number of hydrogen-bond acceptors (Lipinski definition) is 5. The van der Waals surface area contributed by atoms with E-state index in [0.29, 0.717) is 31.4 Å². The van der Waals surface area contributed by atoms with E-state index in [1.807, 2.05) is 12.2 Å². The van der Waals surface area contributed by atoms with Crippen LogP contribution in [0.2, 0.25) is 0 Å². The van der Waals surface area contributed by atoms with E-state index >= 15 is 0 Å². The lowest BCUT2D eigenvalue weighted by molar-refractivity contribution is -0.137. The number of carbonyl (C=O) groups excluding carboxylic acids is 1. The van der Waals surface area contributed by atoms with Crippen molar-refractivity contribution in [3.63, 3.8) is 0 Å². The maximum atomic E-state index is 11.0. The van der Waals surface area contributed by atoms with E-state index in [1.54, 1.807) is 0 Å². The van der Waals surface area contributed by atoms with Crippen molar-refractivity contribution in [2.45, 2.75) is 89.8 Å². The van der Waals surface area contributed by atoms with Crippen LogP contribution in [0.1, 0.15) is 77.6 Å². The van der Waals surface area contributed by atoms with Crippen LogP contribution in [0.4, 0.5) is 4.79 Å². The highest BCUT2D eigenvalue weighted by Crippen LogP contribution is 2.37. The number of unbranched alkanes of at least 4 members (excludes halogenated alkanes) is 5. The van der Waals surface area contributed by atoms with Gasteiger partial charge in [-0.3, -0.25) is 4.79 Å². The first kappa shape index (κ1) is 25.1. The number of amides is 2. The number of urea groups is 1. The van der Waals surface area contributed by atoms with Crippen LogP contribution in [0.15, 0.2) is 17.3 Å². The molecule has 4 atom stereocenters. The molecule has 0 aromatic heterocycles. The summed E-state index contributed by atoms with van der Waals surface area (Å²) in [7, 11) is 0. The van der Waals surface area contributed by atoms with E-state index in [1.165, 1.54) is 6.42 Å². The Morgan fingerprint density at radius 1 is 1.24 bits per heavy atom. The highest BCUT2D eigenvalue weighted by atomic mass is 16.4. The fourth-order valence-electron chi connectivity index (χ4n) is 3.95. The second-order valence-corrected chi connectivity index (χ2v) is 7.80. The number of primary amides is 1. The number of carbonyl (C=O) groups is 2. The standard InChI is InChI=1S/C21H37N3O5/c1-2-3-4-5-9-12-17(25)20-15(11-8-6-7-10-13-19(27)28)16(14-18(20)26)23-24-21(22)29/h6,8,15,17-18,20,25-26H,2-5,7,9-14H2,1H3,(H,27,28)(H3,22,24,29)/t15-,17?,18?,20+/m0/s1. The lowest BCUT2D eigenvalue weighted by Crippen LogP contribution is -2.33. The van der Waals surface area contributed by atoms with E-state index in [4.69, 9.17) is 10.8 Å². The maximum absolute atomic E-state index is 11.0. The molecular weight excluding hydrogens is 374 g/mol. The molecule has 1 aliphatic rings. The topological polar surface area (TPSA) is 145 Å². The van der Waals surface area contributed by atoms with E-state index < -0.39 is 24.2 Å². The first-order chi connectivity index (χ1) is 13.9. The summed E-state index contributed by atoms with van der Waals surface area (Å²) in [6.07, 6.45) is 10.8. The summed E-state index contributed by atoms with van der Waals surface area (Å²) in [4.78, 5) is 21.6. The molecule has 2 amide bonds. The van der Waals surface area contributed by atoms with Crippen molar-refractivity contribution in [3.8, 4) is 0 Å². The first-order valence-electron chi connectivity index (χ1n) is 10.7. The van der Waals surface area contributed by atoms with Crippen molar-refractivity contribution >= 4 is 17.7 Å². The highest BCUT2D eigenvalue weighted by molar-refractivity contribution is 5.91. The number of nitrogens with one attached hydrogen (secondary N) is 1. The Kier molecular flexibility index (Phi) is 12.2. The number of carboxylic acids is 1. The number of hydrogen-bond donors (Lipinski definition) is 5. The van der Waals surface area contributed by atoms with Gasteiger partial charge in [0.15, 0.2) is 0 Å². The van der Waals surface area contributed by atoms with Crippen molar-refractivity contribution in [1.82, 2.24) is 5.43 Å². The van der Waals surface area contributed by atoms with Crippen LogP contribution in [0.5, 0.6) is 0 Å². The molecule has 1 rings (SSSR count). The van der Waals surface area contributed by atoms with Crippen molar-refractivity contribution < 1.29 is 24.9 Å². The van der Waals surface area contributed by atoms with Crippen LogP contribution in [-0.2, 0) is 4.79 Å². The Balaban J connectivity index is 2.70. The second-order valence-electron chi connectivity index (χ2n) is 7.80. The molecule has 2 unspecified atom stereocenters. The van der Waals surface area contributed by atoms with Gasteiger partial charge in [-0.05, 0) is 25.7 Å². The minimum atomic E-state index is -0.814. The molecule has 29 heavy (non-hydrogen) atoms. The largest absolute Gasteiger partial charge is 0.481 e. The number of rotatable bonds is 14. The molecule has 8 nitrogen and oxygen atoms in total. The molecule has 8 heteroatoms. The fraction of sp³-hybridized carbons (Fsp3) is 0.762. The molecule has 0 spiro atoms. The molecule has 0 aromatic rings. The summed E-state index contributed by atoms with van der Waals surface area (Å²) >= 11 is 0. The van der Waals surface area contributed by atoms with Gasteiger partial charge in [0, 0.05) is 30.4 Å². The summed E-state index contributed by atoms with van der Waals surface area (Å²) in [6, 6.07) is -0.769. The molecule has 0 aliphatic heterocycles. The molecule has 166 valence electrons. The molecule has 0 aromatic carbocycles. The summed E-state index contributed by atoms with van der Waals surface area (Å²) in [5.74, 6) is -1.36. The highest BCUT2D eigenvalue weighted by Gasteiger charge is 2.43. The van der Waals surface area contributed by atoms with Gasteiger partial charge >= 0.3 is 12.0 Å². The zero-order valence-corrected chi connectivity index (χ0v) is 17.4. The fourth-order valence-corrected chi connectivity index (χ4v) is 3.95. The van der Waals surface area contributed by atoms with Gasteiger partial charge in [-0.2, -0.15) is 5.10 Å². The number of carboxylic acid groups (broad SMARTS) is 1. The number of aliphatic hydroxyl groups excluding tert-OH is 2. The Hall–Kier alpha value is -1.93. The predicted molar refractivity (Wildman–Crippen MR) is 112 cm³/mol. The van der Waals surface area contributed by atoms with Crippen LogP contribution >= 0.6 is 0 Å². The first-order valence-corrected chi connectivity index (χ1v) is 10.7. The summed E-state index contributed by atoms with van der Waals surface area (Å²) in [5.41, 5.74) is 7.96. The monoisotopic (exact) mass is 411 g/mol. The van der Waals surface area contributed by atoms with Gasteiger partial charge in [-0.25, -0.2) is 10.2 Å².